The van der Waals surface area contributed by atoms with Crippen molar-refractivity contribution >= 4 is 5.78 Å². The molecule has 4 aliphatic carbocycles. The Kier molecular flexibility index (Phi) is 5.36. The molecule has 0 aromatic rings. The summed E-state index contributed by atoms with van der Waals surface area (Å²) in [4.78, 5) is 13.6. The molecule has 6 fully saturated rings. The fourth-order valence-electron chi connectivity index (χ4n) is 10.0. The highest BCUT2D eigenvalue weighted by molar-refractivity contribution is 5.94. The van der Waals surface area contributed by atoms with Crippen LogP contribution >= 0.6 is 0 Å². The van der Waals surface area contributed by atoms with E-state index in [1.165, 1.54) is 6.92 Å². The van der Waals surface area contributed by atoms with Gasteiger partial charge in [-0.05, 0) is 54.8 Å². The molecule has 2 saturated heterocycles. The van der Waals surface area contributed by atoms with Gasteiger partial charge in [-0.2, -0.15) is 0 Å². The summed E-state index contributed by atoms with van der Waals surface area (Å²) in [6.45, 7) is 10.4. The molecule has 6 aliphatic rings. The molecule has 15 atom stereocenters. The Morgan fingerprint density at radius 3 is 2.31 bits per heavy atom. The van der Waals surface area contributed by atoms with E-state index in [1.54, 1.807) is 0 Å². The Labute approximate surface area is 211 Å². The van der Waals surface area contributed by atoms with Gasteiger partial charge in [0.2, 0.25) is 0 Å². The topological polar surface area (TPSA) is 157 Å². The van der Waals surface area contributed by atoms with Crippen LogP contribution in [0.4, 0.5) is 0 Å². The van der Waals surface area contributed by atoms with Crippen molar-refractivity contribution in [2.75, 3.05) is 6.61 Å². The number of aliphatic hydroxyl groups is 6. The molecule has 0 aromatic carbocycles. The number of hydrogen-bond acceptors (Lipinski definition) is 9. The molecular formula is C27H40O9. The molecule has 0 aromatic heterocycles. The number of carbonyl (C=O) groups excluding carboxylic acids is 1. The Morgan fingerprint density at radius 2 is 1.67 bits per heavy atom. The van der Waals surface area contributed by atoms with Gasteiger partial charge in [-0.15, -0.1) is 0 Å². The fourth-order valence-corrected chi connectivity index (χ4v) is 10.0. The van der Waals surface area contributed by atoms with Crippen LogP contribution in [0.3, 0.4) is 0 Å². The summed E-state index contributed by atoms with van der Waals surface area (Å²) in [7, 11) is 0. The summed E-state index contributed by atoms with van der Waals surface area (Å²) < 4.78 is 12.9. The van der Waals surface area contributed by atoms with E-state index >= 15 is 0 Å². The second kappa shape index (κ2) is 7.60. The molecule has 4 saturated carbocycles. The second-order valence-corrected chi connectivity index (χ2v) is 13.1. The molecule has 6 rings (SSSR count). The van der Waals surface area contributed by atoms with Crippen LogP contribution in [0, 0.1) is 40.4 Å². The third-order valence-corrected chi connectivity index (χ3v) is 12.0. The van der Waals surface area contributed by atoms with Crippen LogP contribution in [-0.2, 0) is 14.3 Å². The number of fused-ring (bicyclic) bond motifs is 7. The average Bonchev–Trinajstić information content (AvgIpc) is 3.29. The number of ether oxygens (including phenoxy) is 2. The Balaban J connectivity index is 1.38. The molecule has 2 heterocycles. The van der Waals surface area contributed by atoms with Crippen molar-refractivity contribution in [3.05, 3.63) is 12.2 Å². The number of aliphatic hydroxyl groups excluding tert-OH is 5. The van der Waals surface area contributed by atoms with Gasteiger partial charge in [-0.1, -0.05) is 32.9 Å². The van der Waals surface area contributed by atoms with E-state index in [0.29, 0.717) is 25.9 Å². The minimum atomic E-state index is -2.58. The normalized spacial score (nSPS) is 62.5. The zero-order valence-electron chi connectivity index (χ0n) is 21.2. The van der Waals surface area contributed by atoms with E-state index in [4.69, 9.17) is 9.47 Å². The van der Waals surface area contributed by atoms with Crippen molar-refractivity contribution in [1.29, 1.82) is 0 Å². The first kappa shape index (κ1) is 25.4. The predicted molar refractivity (Wildman–Crippen MR) is 125 cm³/mol. The van der Waals surface area contributed by atoms with Crippen LogP contribution in [-0.4, -0.2) is 91.0 Å². The Morgan fingerprint density at radius 1 is 1.00 bits per heavy atom. The lowest BCUT2D eigenvalue weighted by molar-refractivity contribution is -0.315. The van der Waals surface area contributed by atoms with Gasteiger partial charge < -0.3 is 40.1 Å². The van der Waals surface area contributed by atoms with Crippen LogP contribution in [0.2, 0.25) is 0 Å². The van der Waals surface area contributed by atoms with Crippen LogP contribution < -0.4 is 0 Å². The van der Waals surface area contributed by atoms with E-state index in [-0.39, 0.29) is 29.3 Å². The number of carbonyl (C=O) groups is 1. The summed E-state index contributed by atoms with van der Waals surface area (Å²) in [6, 6.07) is 0. The van der Waals surface area contributed by atoms with Crippen molar-refractivity contribution in [1.82, 2.24) is 0 Å². The van der Waals surface area contributed by atoms with Gasteiger partial charge in [-0.3, -0.25) is 4.79 Å². The maximum Gasteiger partial charge on any atom is 0.196 e. The van der Waals surface area contributed by atoms with Crippen LogP contribution in [0.1, 0.15) is 52.9 Å². The van der Waals surface area contributed by atoms with Crippen LogP contribution in [0.5, 0.6) is 0 Å². The maximum atomic E-state index is 13.6. The van der Waals surface area contributed by atoms with Crippen LogP contribution in [0.25, 0.3) is 0 Å². The van der Waals surface area contributed by atoms with Crippen molar-refractivity contribution in [3.63, 3.8) is 0 Å². The van der Waals surface area contributed by atoms with Crippen LogP contribution in [0.15, 0.2) is 12.2 Å². The molecule has 2 aliphatic heterocycles. The summed E-state index contributed by atoms with van der Waals surface area (Å²) in [6.07, 6.45) is -5.59. The molecule has 0 radical (unpaired) electrons. The monoisotopic (exact) mass is 508 g/mol. The first-order chi connectivity index (χ1) is 16.8. The minimum Gasteiger partial charge on any atom is -0.390 e. The van der Waals surface area contributed by atoms with Crippen molar-refractivity contribution in [2.24, 2.45) is 40.4 Å². The van der Waals surface area contributed by atoms with E-state index in [9.17, 15) is 35.4 Å². The largest absolute Gasteiger partial charge is 0.390 e. The molecule has 9 nitrogen and oxygen atoms in total. The molecule has 36 heavy (non-hydrogen) atoms. The molecule has 1 spiro atoms. The Bertz CT molecular complexity index is 974. The van der Waals surface area contributed by atoms with E-state index in [2.05, 4.69) is 20.4 Å². The predicted octanol–water partition coefficient (Wildman–Crippen LogP) is -0.109. The van der Waals surface area contributed by atoms with E-state index in [0.717, 1.165) is 18.4 Å². The van der Waals surface area contributed by atoms with Gasteiger partial charge in [0.15, 0.2) is 17.2 Å². The molecule has 9 heteroatoms. The summed E-state index contributed by atoms with van der Waals surface area (Å²) >= 11 is 0. The zero-order valence-corrected chi connectivity index (χ0v) is 21.2. The lowest BCUT2D eigenvalue weighted by Crippen LogP contribution is -2.82. The fraction of sp³-hybridized carbons (Fsp3) is 0.889. The highest BCUT2D eigenvalue weighted by Gasteiger charge is 2.78. The first-order valence-electron chi connectivity index (χ1n) is 13.4. The SMILES string of the molecule is C=C1CC[C@@]2(OC1)O[C@H]1C[C@H]3[C@@H]4[C@H](O)C(=O)[C@]5(O)[C@@H](O)[C@@H](O)[C@@H](O)[C@@H](O)[C@]5(C)[C@H]4CC[C@]3(C)[C@H]1[C@@H]2C. The van der Waals surface area contributed by atoms with Gasteiger partial charge in [0.25, 0.3) is 0 Å². The average molecular weight is 509 g/mol. The minimum absolute atomic E-state index is 0.102. The maximum absolute atomic E-state index is 13.6. The molecular weight excluding hydrogens is 468 g/mol. The summed E-state index contributed by atoms with van der Waals surface area (Å²) in [5.74, 6) is -2.67. The molecule has 6 N–H and O–H groups in total. The number of hydrogen-bond donors (Lipinski definition) is 6. The standard InChI is InChI=1S/C27H40O9/c1-11-5-8-26(35-10-11)12(2)17-15(36-26)9-14-16-13(6-7-24(14,17)3)25(4)21(31)19(29)20(30)23(33)27(25,34)22(32)18(16)28/h12-21,23,28-31,33-34H,1,5-10H2,2-4H3/t12-,13-,14-,15-,16+,17-,18-,19+,20-,21+,23-,24-,25-,26+,27-/m0/s1. The highest BCUT2D eigenvalue weighted by Crippen LogP contribution is 2.71. The number of Topliss-reactive ketones (excluding diaryl/α,β-unsaturated/α-hetero) is 1. The quantitative estimate of drug-likeness (QED) is 0.246. The number of ketones is 1. The molecule has 0 unspecified atom stereocenters. The molecule has 0 bridgehead atoms. The van der Waals surface area contributed by atoms with E-state index in [1.807, 2.05) is 0 Å². The lowest BCUT2D eigenvalue weighted by Gasteiger charge is -2.66. The Hall–Kier alpha value is -0.910. The molecule has 202 valence electrons. The lowest BCUT2D eigenvalue weighted by atomic mass is 9.40. The summed E-state index contributed by atoms with van der Waals surface area (Å²) in [5.41, 5.74) is -3.44. The smallest absolute Gasteiger partial charge is 0.196 e. The molecule has 0 amide bonds. The van der Waals surface area contributed by atoms with Crippen molar-refractivity contribution < 1.29 is 44.9 Å². The van der Waals surface area contributed by atoms with Gasteiger partial charge >= 0.3 is 0 Å². The summed E-state index contributed by atoms with van der Waals surface area (Å²) in [5, 5.41) is 65.8. The van der Waals surface area contributed by atoms with Crippen molar-refractivity contribution in [3.8, 4) is 0 Å². The van der Waals surface area contributed by atoms with Gasteiger partial charge in [0, 0.05) is 17.8 Å². The second-order valence-electron chi connectivity index (χ2n) is 13.1. The van der Waals surface area contributed by atoms with Crippen molar-refractivity contribution in [2.45, 2.75) is 101 Å². The van der Waals surface area contributed by atoms with Gasteiger partial charge in [0.1, 0.15) is 24.4 Å². The highest BCUT2D eigenvalue weighted by atomic mass is 16.7. The van der Waals surface area contributed by atoms with Gasteiger partial charge in [0.05, 0.1) is 18.8 Å². The third-order valence-electron chi connectivity index (χ3n) is 12.0. The number of rotatable bonds is 0. The van der Waals surface area contributed by atoms with E-state index < -0.39 is 64.9 Å². The zero-order chi connectivity index (χ0) is 26.2. The first-order valence-corrected chi connectivity index (χ1v) is 13.4. The third kappa shape index (κ3) is 2.66. The van der Waals surface area contributed by atoms with Gasteiger partial charge in [-0.25, -0.2) is 0 Å².